The Hall–Kier alpha value is -2.50. The zero-order valence-electron chi connectivity index (χ0n) is 9.03. The Labute approximate surface area is 101 Å². The molecule has 90 valence electrons. The Morgan fingerprint density at radius 3 is 2.72 bits per heavy atom. The molecule has 0 N–H and O–H groups in total. The van der Waals surface area contributed by atoms with E-state index >= 15 is 0 Å². The summed E-state index contributed by atoms with van der Waals surface area (Å²) < 4.78 is 4.46. The van der Waals surface area contributed by atoms with Gasteiger partial charge in [-0.3, -0.25) is 14.9 Å². The number of benzene rings is 1. The molecule has 6 heteroatoms. The van der Waals surface area contributed by atoms with Crippen LogP contribution in [0.1, 0.15) is 17.0 Å². The van der Waals surface area contributed by atoms with E-state index in [1.54, 1.807) is 24.3 Å². The van der Waals surface area contributed by atoms with Crippen molar-refractivity contribution in [2.45, 2.75) is 11.5 Å². The molecule has 1 heterocycles. The van der Waals surface area contributed by atoms with Crippen molar-refractivity contribution in [3.63, 3.8) is 0 Å². The second-order valence-corrected chi connectivity index (χ2v) is 4.19. The zero-order valence-corrected chi connectivity index (χ0v) is 9.03. The highest BCUT2D eigenvalue weighted by molar-refractivity contribution is 6.07. The fourth-order valence-corrected chi connectivity index (χ4v) is 2.44. The minimum atomic E-state index is -2.11. The summed E-state index contributed by atoms with van der Waals surface area (Å²) >= 11 is 0. The molecule has 2 unspecified atom stereocenters. The van der Waals surface area contributed by atoms with E-state index in [2.05, 4.69) is 4.74 Å². The molecule has 1 aromatic carbocycles. The third-order valence-electron chi connectivity index (χ3n) is 3.32. The number of hydrogen-bond donors (Lipinski definition) is 0. The number of nitrogens with zero attached hydrogens (tertiary/aromatic N) is 1. The van der Waals surface area contributed by atoms with Gasteiger partial charge in [-0.2, -0.15) is 0 Å². The fraction of sp³-hybridized carbons (Fsp3) is 0.167. The summed E-state index contributed by atoms with van der Waals surface area (Å²) in [6, 6.07) is 6.75. The lowest BCUT2D eigenvalue weighted by molar-refractivity contribution is -0.539. The Morgan fingerprint density at radius 1 is 1.28 bits per heavy atom. The van der Waals surface area contributed by atoms with Crippen LogP contribution < -0.4 is 0 Å². The number of ether oxygens (including phenoxy) is 1. The van der Waals surface area contributed by atoms with Crippen molar-refractivity contribution < 1.29 is 19.2 Å². The van der Waals surface area contributed by atoms with E-state index in [1.165, 1.54) is 6.08 Å². The monoisotopic (exact) mass is 245 g/mol. The van der Waals surface area contributed by atoms with Crippen LogP contribution in [0.3, 0.4) is 0 Å². The molecule has 1 aliphatic carbocycles. The molecule has 2 aliphatic rings. The van der Waals surface area contributed by atoms with Crippen LogP contribution in [0.4, 0.5) is 0 Å². The minimum Gasteiger partial charge on any atom is -0.387 e. The summed E-state index contributed by atoms with van der Waals surface area (Å²) in [6.07, 6.45) is 2.63. The third-order valence-corrected chi connectivity index (χ3v) is 3.32. The van der Waals surface area contributed by atoms with Gasteiger partial charge in [-0.05, 0) is 11.1 Å². The summed E-state index contributed by atoms with van der Waals surface area (Å²) in [7, 11) is 0. The lowest BCUT2D eigenvalue weighted by Gasteiger charge is -2.23. The molecule has 0 aromatic heterocycles. The highest BCUT2D eigenvalue weighted by Gasteiger charge is 2.68. The van der Waals surface area contributed by atoms with Crippen LogP contribution in [-0.4, -0.2) is 22.4 Å². The molecule has 0 bridgehead atoms. The molecule has 1 aromatic rings. The van der Waals surface area contributed by atoms with Crippen molar-refractivity contribution in [1.29, 1.82) is 0 Å². The van der Waals surface area contributed by atoms with Crippen molar-refractivity contribution in [2.75, 3.05) is 0 Å². The Balaban J connectivity index is 2.30. The van der Waals surface area contributed by atoms with Gasteiger partial charge in [0.15, 0.2) is 5.92 Å². The maximum atomic E-state index is 11.7. The average Bonchev–Trinajstić information content (AvgIpc) is 2.62. The van der Waals surface area contributed by atoms with Crippen molar-refractivity contribution >= 4 is 18.0 Å². The van der Waals surface area contributed by atoms with Crippen LogP contribution in [0, 0.1) is 10.1 Å². The van der Waals surface area contributed by atoms with Gasteiger partial charge < -0.3 is 4.74 Å². The predicted octanol–water partition coefficient (Wildman–Crippen LogP) is 0.896. The van der Waals surface area contributed by atoms with Gasteiger partial charge in [0.25, 0.3) is 0 Å². The summed E-state index contributed by atoms with van der Waals surface area (Å²) in [5, 5.41) is 11.2. The lowest BCUT2D eigenvalue weighted by Crippen LogP contribution is -2.47. The van der Waals surface area contributed by atoms with Crippen molar-refractivity contribution in [3.8, 4) is 0 Å². The normalized spacial score (nSPS) is 28.6. The molecule has 0 radical (unpaired) electrons. The molecule has 1 saturated heterocycles. The smallest absolute Gasteiger partial charge is 0.387 e. The van der Waals surface area contributed by atoms with E-state index in [4.69, 9.17) is 0 Å². The van der Waals surface area contributed by atoms with Crippen molar-refractivity contribution in [3.05, 3.63) is 51.6 Å². The first-order valence-electron chi connectivity index (χ1n) is 5.26. The molecular weight excluding hydrogens is 238 g/mol. The van der Waals surface area contributed by atoms with Crippen LogP contribution in [0.5, 0.6) is 0 Å². The quantitative estimate of drug-likeness (QED) is 0.317. The molecule has 6 nitrogen and oxygen atoms in total. The number of fused-ring (bicyclic) bond motifs is 3. The van der Waals surface area contributed by atoms with Crippen LogP contribution in [0.25, 0.3) is 6.08 Å². The molecule has 1 aliphatic heterocycles. The summed E-state index contributed by atoms with van der Waals surface area (Å²) in [5.41, 5.74) is -0.968. The number of esters is 2. The van der Waals surface area contributed by atoms with Gasteiger partial charge in [0.05, 0.1) is 0 Å². The highest BCUT2D eigenvalue weighted by atomic mass is 16.7. The summed E-state index contributed by atoms with van der Waals surface area (Å²) in [5.74, 6) is -3.18. The first kappa shape index (κ1) is 10.6. The van der Waals surface area contributed by atoms with Crippen molar-refractivity contribution in [1.82, 2.24) is 0 Å². The topological polar surface area (TPSA) is 86.5 Å². The van der Waals surface area contributed by atoms with Crippen LogP contribution in [0.2, 0.25) is 0 Å². The zero-order chi connectivity index (χ0) is 12.9. The number of cyclic esters (lactones) is 2. The SMILES string of the molecule is O=C1OC(=O)C2([N+](=O)[O-])C=Cc3ccccc3C12. The fourth-order valence-electron chi connectivity index (χ4n) is 2.44. The molecule has 3 rings (SSSR count). The molecule has 0 spiro atoms. The second kappa shape index (κ2) is 3.25. The van der Waals surface area contributed by atoms with Gasteiger partial charge in [0.1, 0.15) is 0 Å². The predicted molar refractivity (Wildman–Crippen MR) is 59.0 cm³/mol. The van der Waals surface area contributed by atoms with Gasteiger partial charge in [0, 0.05) is 11.0 Å². The third kappa shape index (κ3) is 1.07. The largest absolute Gasteiger partial charge is 0.398 e. The second-order valence-electron chi connectivity index (χ2n) is 4.19. The van der Waals surface area contributed by atoms with Crippen LogP contribution >= 0.6 is 0 Å². The maximum absolute atomic E-state index is 11.7. The average molecular weight is 245 g/mol. The van der Waals surface area contributed by atoms with E-state index in [-0.39, 0.29) is 0 Å². The molecule has 0 amide bonds. The lowest BCUT2D eigenvalue weighted by atomic mass is 9.75. The van der Waals surface area contributed by atoms with E-state index in [1.807, 2.05) is 0 Å². The number of hydrogen-bond acceptors (Lipinski definition) is 5. The Bertz CT molecular complexity index is 621. The number of nitro groups is 1. The first-order valence-corrected chi connectivity index (χ1v) is 5.26. The molecule has 2 atom stereocenters. The van der Waals surface area contributed by atoms with Gasteiger partial charge in [-0.25, -0.2) is 4.79 Å². The number of rotatable bonds is 1. The molecular formula is C12H7NO5. The summed E-state index contributed by atoms with van der Waals surface area (Å²) in [6.45, 7) is 0. The molecule has 0 saturated carbocycles. The van der Waals surface area contributed by atoms with E-state index in [9.17, 15) is 19.7 Å². The Morgan fingerprint density at radius 2 is 2.00 bits per heavy atom. The van der Waals surface area contributed by atoms with E-state index < -0.39 is 28.3 Å². The van der Waals surface area contributed by atoms with Crippen LogP contribution in [0.15, 0.2) is 30.3 Å². The molecule has 1 fully saturated rings. The van der Waals surface area contributed by atoms with E-state index in [0.29, 0.717) is 11.1 Å². The van der Waals surface area contributed by atoms with Gasteiger partial charge in [-0.15, -0.1) is 0 Å². The van der Waals surface area contributed by atoms with Crippen LogP contribution in [-0.2, 0) is 14.3 Å². The Kier molecular flexibility index (Phi) is 1.92. The standard InChI is InChI=1S/C12H7NO5/c14-10-9-8-4-2-1-3-7(8)5-6-12(9,13(16)17)11(15)18-10/h1-6,9H. The summed E-state index contributed by atoms with van der Waals surface area (Å²) in [4.78, 5) is 33.8. The first-order chi connectivity index (χ1) is 8.57. The number of carbonyl (C=O) groups is 2. The van der Waals surface area contributed by atoms with E-state index in [0.717, 1.165) is 6.08 Å². The van der Waals surface area contributed by atoms with Gasteiger partial charge in [0.2, 0.25) is 0 Å². The van der Waals surface area contributed by atoms with Gasteiger partial charge >= 0.3 is 17.5 Å². The minimum absolute atomic E-state index is 0.451. The van der Waals surface area contributed by atoms with Gasteiger partial charge in [-0.1, -0.05) is 30.3 Å². The van der Waals surface area contributed by atoms with Crippen molar-refractivity contribution in [2.24, 2.45) is 0 Å². The maximum Gasteiger partial charge on any atom is 0.398 e. The highest BCUT2D eigenvalue weighted by Crippen LogP contribution is 2.44. The molecule has 18 heavy (non-hydrogen) atoms. The number of carbonyl (C=O) groups excluding carboxylic acids is 2.